The minimum atomic E-state index is -1.27. The minimum absolute atomic E-state index is 0.207. The summed E-state index contributed by atoms with van der Waals surface area (Å²) in [6.07, 6.45) is 0.207. The van der Waals surface area contributed by atoms with Crippen LogP contribution in [0.15, 0.2) is 83.8 Å². The molecule has 0 saturated heterocycles. The lowest BCUT2D eigenvalue weighted by Gasteiger charge is -2.19. The molecular weight excluding hydrogens is 396 g/mol. The molecule has 3 aromatic carbocycles. The number of amides is 2. The van der Waals surface area contributed by atoms with Crippen LogP contribution in [0, 0.1) is 0 Å². The zero-order valence-corrected chi connectivity index (χ0v) is 17.1. The van der Waals surface area contributed by atoms with Crippen molar-refractivity contribution < 1.29 is 13.8 Å². The third-order valence-corrected chi connectivity index (χ3v) is 6.76. The molecule has 2 amide bonds. The maximum absolute atomic E-state index is 13.2. The molecule has 0 saturated carbocycles. The average molecular weight is 419 g/mol. The quantitative estimate of drug-likeness (QED) is 0.618. The number of nitrogens with two attached hydrogens (primary N) is 1. The Morgan fingerprint density at radius 3 is 1.97 bits per heavy atom. The predicted octanol–water partition coefficient (Wildman–Crippen LogP) is 2.97. The molecule has 30 heavy (non-hydrogen) atoms. The van der Waals surface area contributed by atoms with Crippen LogP contribution in [0.5, 0.6) is 0 Å². The van der Waals surface area contributed by atoms with Crippen LogP contribution in [-0.4, -0.2) is 27.8 Å². The van der Waals surface area contributed by atoms with Gasteiger partial charge in [0.25, 0.3) is 0 Å². The first kappa shape index (κ1) is 20.0. The molecule has 0 spiro atoms. The Balaban J connectivity index is 1.51. The molecule has 152 valence electrons. The van der Waals surface area contributed by atoms with Crippen LogP contribution in [0.1, 0.15) is 23.5 Å². The van der Waals surface area contributed by atoms with Crippen LogP contribution >= 0.6 is 0 Å². The fraction of sp³-hybridized carbons (Fsp3) is 0.167. The van der Waals surface area contributed by atoms with Crippen LogP contribution in [0.3, 0.4) is 0 Å². The molecule has 0 radical (unpaired) electrons. The van der Waals surface area contributed by atoms with Gasteiger partial charge in [-0.3, -0.25) is 13.8 Å². The summed E-state index contributed by atoms with van der Waals surface area (Å²) in [4.78, 5) is 25.9. The lowest BCUT2D eigenvalue weighted by atomic mass is 9.95. The number of carbonyl (C=O) groups is 2. The van der Waals surface area contributed by atoms with Gasteiger partial charge < -0.3 is 11.1 Å². The zero-order valence-electron chi connectivity index (χ0n) is 16.3. The van der Waals surface area contributed by atoms with Crippen molar-refractivity contribution in [3.8, 4) is 11.1 Å². The van der Waals surface area contributed by atoms with E-state index in [1.807, 2.05) is 66.7 Å². The fourth-order valence-corrected chi connectivity index (χ4v) is 5.04. The molecule has 3 N–H and O–H groups in total. The molecule has 0 aliphatic heterocycles. The summed E-state index contributed by atoms with van der Waals surface area (Å²) in [5.41, 5.74) is 9.41. The first-order valence-corrected chi connectivity index (χ1v) is 11.1. The van der Waals surface area contributed by atoms with E-state index in [4.69, 9.17) is 5.73 Å². The van der Waals surface area contributed by atoms with E-state index in [1.54, 1.807) is 12.1 Å². The Morgan fingerprint density at radius 2 is 1.40 bits per heavy atom. The molecule has 0 heterocycles. The Bertz CT molecular complexity index is 1070. The van der Waals surface area contributed by atoms with Gasteiger partial charge in [0.05, 0.1) is 16.7 Å². The first-order chi connectivity index (χ1) is 14.6. The van der Waals surface area contributed by atoms with E-state index in [2.05, 4.69) is 5.32 Å². The Labute approximate surface area is 177 Å². The van der Waals surface area contributed by atoms with Crippen molar-refractivity contribution in [2.45, 2.75) is 23.3 Å². The third-order valence-electron chi connectivity index (χ3n) is 5.35. The van der Waals surface area contributed by atoms with Gasteiger partial charge in [0, 0.05) is 10.6 Å². The van der Waals surface area contributed by atoms with Crippen molar-refractivity contribution in [3.05, 3.63) is 90.0 Å². The summed E-state index contributed by atoms with van der Waals surface area (Å²) in [6.45, 7) is 0. The highest BCUT2D eigenvalue weighted by molar-refractivity contribution is 7.85. The molecule has 6 heteroatoms. The molecule has 0 fully saturated rings. The largest absolute Gasteiger partial charge is 0.368 e. The van der Waals surface area contributed by atoms with E-state index < -0.39 is 28.7 Å². The molecule has 5 nitrogen and oxygen atoms in total. The molecule has 0 unspecified atom stereocenters. The topological polar surface area (TPSA) is 89.3 Å². The van der Waals surface area contributed by atoms with Crippen LogP contribution in [0.4, 0.5) is 0 Å². The lowest BCUT2D eigenvalue weighted by Crippen LogP contribution is -2.46. The van der Waals surface area contributed by atoms with E-state index in [0.29, 0.717) is 4.90 Å². The van der Waals surface area contributed by atoms with E-state index in [0.717, 1.165) is 22.3 Å². The SMILES string of the molecule is NC(=O)[C@H](CC[S@@](=O)c1ccccc1)NC(=O)C1c2ccccc2-c2ccccc21. The van der Waals surface area contributed by atoms with E-state index >= 15 is 0 Å². The second-order valence-corrected chi connectivity index (χ2v) is 8.79. The maximum Gasteiger partial charge on any atom is 0.240 e. The Kier molecular flexibility index (Phi) is 5.77. The van der Waals surface area contributed by atoms with Crippen molar-refractivity contribution >= 4 is 22.6 Å². The van der Waals surface area contributed by atoms with Crippen LogP contribution in [-0.2, 0) is 20.4 Å². The van der Waals surface area contributed by atoms with E-state index in [9.17, 15) is 13.8 Å². The summed E-state index contributed by atoms with van der Waals surface area (Å²) < 4.78 is 12.5. The van der Waals surface area contributed by atoms with Crippen molar-refractivity contribution in [2.75, 3.05) is 5.75 Å². The molecule has 4 rings (SSSR count). The summed E-state index contributed by atoms with van der Waals surface area (Å²) in [7, 11) is -1.27. The highest BCUT2D eigenvalue weighted by Crippen LogP contribution is 2.44. The van der Waals surface area contributed by atoms with Gasteiger partial charge >= 0.3 is 0 Å². The Hall–Kier alpha value is -3.25. The second kappa shape index (κ2) is 8.63. The summed E-state index contributed by atoms with van der Waals surface area (Å²) in [5, 5.41) is 2.80. The summed E-state index contributed by atoms with van der Waals surface area (Å²) in [5.74, 6) is -1.18. The van der Waals surface area contributed by atoms with E-state index in [-0.39, 0.29) is 18.1 Å². The van der Waals surface area contributed by atoms with Gasteiger partial charge in [-0.25, -0.2) is 0 Å². The molecule has 2 atom stereocenters. The molecule has 3 aromatic rings. The van der Waals surface area contributed by atoms with Gasteiger partial charge in [0.2, 0.25) is 11.8 Å². The Morgan fingerprint density at radius 1 is 0.867 bits per heavy atom. The van der Waals surface area contributed by atoms with Gasteiger partial charge in [-0.15, -0.1) is 0 Å². The van der Waals surface area contributed by atoms with Crippen molar-refractivity contribution in [1.82, 2.24) is 5.32 Å². The average Bonchev–Trinajstić information content (AvgIpc) is 3.11. The standard InChI is InChI=1S/C24H22N2O3S/c25-23(27)21(14-15-30(29)16-8-2-1-3-9-16)26-24(28)22-19-12-6-4-10-17(19)18-11-5-7-13-20(18)22/h1-13,21-22H,14-15H2,(H2,25,27)(H,26,28)/t21-,30+/m0/s1. The molecule has 1 aliphatic carbocycles. The fourth-order valence-electron chi connectivity index (χ4n) is 3.89. The van der Waals surface area contributed by atoms with Gasteiger partial charge in [-0.2, -0.15) is 0 Å². The van der Waals surface area contributed by atoms with Crippen LogP contribution in [0.25, 0.3) is 11.1 Å². The van der Waals surface area contributed by atoms with Gasteiger partial charge in [0.15, 0.2) is 0 Å². The number of hydrogen-bond acceptors (Lipinski definition) is 3. The predicted molar refractivity (Wildman–Crippen MR) is 117 cm³/mol. The zero-order chi connectivity index (χ0) is 21.1. The number of hydrogen-bond donors (Lipinski definition) is 2. The first-order valence-electron chi connectivity index (χ1n) is 9.77. The van der Waals surface area contributed by atoms with Crippen molar-refractivity contribution in [3.63, 3.8) is 0 Å². The van der Waals surface area contributed by atoms with Gasteiger partial charge in [-0.1, -0.05) is 66.7 Å². The van der Waals surface area contributed by atoms with E-state index in [1.165, 1.54) is 0 Å². The third kappa shape index (κ3) is 3.91. The number of nitrogens with one attached hydrogen (secondary N) is 1. The lowest BCUT2D eigenvalue weighted by molar-refractivity contribution is -0.127. The van der Waals surface area contributed by atoms with Crippen LogP contribution in [0.2, 0.25) is 0 Å². The summed E-state index contributed by atoms with van der Waals surface area (Å²) >= 11 is 0. The second-order valence-electron chi connectivity index (χ2n) is 7.22. The number of carbonyl (C=O) groups excluding carboxylic acids is 2. The normalized spacial score (nSPS) is 14.4. The highest BCUT2D eigenvalue weighted by atomic mass is 32.2. The van der Waals surface area contributed by atoms with Gasteiger partial charge in [-0.05, 0) is 40.8 Å². The number of fused-ring (bicyclic) bond motifs is 3. The smallest absolute Gasteiger partial charge is 0.240 e. The summed E-state index contributed by atoms with van der Waals surface area (Å²) in [6, 6.07) is 23.7. The minimum Gasteiger partial charge on any atom is -0.368 e. The van der Waals surface area contributed by atoms with Crippen molar-refractivity contribution in [1.29, 1.82) is 0 Å². The number of primary amides is 1. The molecule has 1 aliphatic rings. The maximum atomic E-state index is 13.2. The monoisotopic (exact) mass is 418 g/mol. The number of benzene rings is 3. The molecule has 0 bridgehead atoms. The number of rotatable bonds is 7. The highest BCUT2D eigenvalue weighted by Gasteiger charge is 2.34. The van der Waals surface area contributed by atoms with Crippen molar-refractivity contribution in [2.24, 2.45) is 5.73 Å². The van der Waals surface area contributed by atoms with Crippen LogP contribution < -0.4 is 11.1 Å². The molecule has 0 aromatic heterocycles. The van der Waals surface area contributed by atoms with Gasteiger partial charge in [0.1, 0.15) is 6.04 Å². The molecular formula is C24H22N2O3S.